The van der Waals surface area contributed by atoms with Gasteiger partial charge in [0.15, 0.2) is 17.2 Å². The molecular weight excluding hydrogens is 386 g/mol. The maximum atomic E-state index is 12.3. The molecule has 0 spiro atoms. The van der Waals surface area contributed by atoms with Crippen LogP contribution >= 0.6 is 0 Å². The molecule has 0 atom stereocenters. The van der Waals surface area contributed by atoms with Crippen LogP contribution in [0.15, 0.2) is 48.7 Å². The van der Waals surface area contributed by atoms with Crippen LogP contribution < -0.4 is 20.1 Å². The van der Waals surface area contributed by atoms with E-state index >= 15 is 0 Å². The predicted molar refractivity (Wildman–Crippen MR) is 111 cm³/mol. The largest absolute Gasteiger partial charge is 0.493 e. The first kappa shape index (κ1) is 20.8. The molecule has 0 saturated heterocycles. The van der Waals surface area contributed by atoms with Gasteiger partial charge in [-0.3, -0.25) is 9.59 Å². The van der Waals surface area contributed by atoms with Crippen molar-refractivity contribution in [2.24, 2.45) is 0 Å². The van der Waals surface area contributed by atoms with Gasteiger partial charge >= 0.3 is 0 Å². The number of hydrogen-bond donors (Lipinski definition) is 2. The third-order valence-electron chi connectivity index (χ3n) is 4.44. The third-order valence-corrected chi connectivity index (χ3v) is 4.44. The van der Waals surface area contributed by atoms with E-state index in [1.54, 1.807) is 18.2 Å². The third kappa shape index (κ3) is 4.93. The Morgan fingerprint density at radius 2 is 1.80 bits per heavy atom. The number of methoxy groups -OCH3 is 2. The van der Waals surface area contributed by atoms with E-state index < -0.39 is 0 Å². The fraction of sp³-hybridized carbons (Fsp3) is 0.238. The Kier molecular flexibility index (Phi) is 6.63. The lowest BCUT2D eigenvalue weighted by atomic mass is 10.2. The van der Waals surface area contributed by atoms with E-state index in [0.29, 0.717) is 30.2 Å². The normalized spacial score (nSPS) is 10.4. The first-order chi connectivity index (χ1) is 14.5. The number of amides is 2. The van der Waals surface area contributed by atoms with Crippen LogP contribution in [0.4, 0.5) is 5.69 Å². The van der Waals surface area contributed by atoms with Gasteiger partial charge in [0.1, 0.15) is 0 Å². The Morgan fingerprint density at radius 3 is 2.53 bits per heavy atom. The minimum absolute atomic E-state index is 0.199. The van der Waals surface area contributed by atoms with Gasteiger partial charge < -0.3 is 20.1 Å². The number of rotatable bonds is 8. The minimum atomic E-state index is -0.343. The zero-order chi connectivity index (χ0) is 21.5. The zero-order valence-electron chi connectivity index (χ0n) is 17.0. The van der Waals surface area contributed by atoms with E-state index in [1.165, 1.54) is 25.1 Å². The zero-order valence-corrected chi connectivity index (χ0v) is 17.0. The highest BCUT2D eigenvalue weighted by atomic mass is 16.5. The molecule has 0 bridgehead atoms. The number of aromatic nitrogens is 3. The summed E-state index contributed by atoms with van der Waals surface area (Å²) >= 11 is 0. The van der Waals surface area contributed by atoms with Gasteiger partial charge in [0.05, 0.1) is 27.0 Å². The van der Waals surface area contributed by atoms with Crippen molar-refractivity contribution in [2.45, 2.75) is 13.5 Å². The van der Waals surface area contributed by atoms with E-state index in [-0.39, 0.29) is 17.5 Å². The summed E-state index contributed by atoms with van der Waals surface area (Å²) < 4.78 is 11.9. The van der Waals surface area contributed by atoms with Gasteiger partial charge in [0, 0.05) is 17.8 Å². The molecule has 0 aliphatic heterocycles. The number of carbonyl (C=O) groups excluding carboxylic acids is 2. The summed E-state index contributed by atoms with van der Waals surface area (Å²) in [6.45, 7) is 2.59. The fourth-order valence-corrected chi connectivity index (χ4v) is 2.77. The van der Waals surface area contributed by atoms with Crippen molar-refractivity contribution in [3.63, 3.8) is 0 Å². The van der Waals surface area contributed by atoms with E-state index in [2.05, 4.69) is 20.9 Å². The summed E-state index contributed by atoms with van der Waals surface area (Å²) in [4.78, 5) is 24.7. The maximum absolute atomic E-state index is 12.3. The van der Waals surface area contributed by atoms with Gasteiger partial charge in [-0.05, 0) is 36.8 Å². The van der Waals surface area contributed by atoms with Crippen molar-refractivity contribution in [2.75, 3.05) is 26.1 Å². The molecular formula is C21H23N5O4. The number of benzene rings is 2. The predicted octanol–water partition coefficient (Wildman–Crippen LogP) is 2.29. The van der Waals surface area contributed by atoms with Gasteiger partial charge in [0.25, 0.3) is 11.8 Å². The first-order valence-corrected chi connectivity index (χ1v) is 9.29. The number of para-hydroxylation sites is 1. The Hall–Kier alpha value is -3.88. The molecule has 0 aliphatic carbocycles. The van der Waals surface area contributed by atoms with Crippen molar-refractivity contribution in [1.82, 2.24) is 20.3 Å². The molecule has 2 amide bonds. The number of carbonyl (C=O) groups is 2. The van der Waals surface area contributed by atoms with Gasteiger partial charge in [0.2, 0.25) is 0 Å². The van der Waals surface area contributed by atoms with Crippen LogP contribution in [0.1, 0.15) is 26.4 Å². The maximum Gasteiger partial charge on any atom is 0.277 e. The molecule has 3 rings (SSSR count). The van der Waals surface area contributed by atoms with Crippen LogP contribution in [0.25, 0.3) is 0 Å². The Labute approximate surface area is 174 Å². The first-order valence-electron chi connectivity index (χ1n) is 9.29. The standard InChI is InChI=1S/C21H23N5O4/c1-14-6-4-5-7-16(14)23-21(28)17-13-26(25-24-17)11-10-22-20(27)15-8-9-18(29-2)19(12-15)30-3/h4-9,12-13H,10-11H2,1-3H3,(H,22,27)(H,23,28). The molecule has 156 valence electrons. The second-order valence-corrected chi connectivity index (χ2v) is 6.46. The quantitative estimate of drug-likeness (QED) is 0.591. The smallest absolute Gasteiger partial charge is 0.277 e. The summed E-state index contributed by atoms with van der Waals surface area (Å²) in [6.07, 6.45) is 1.54. The van der Waals surface area contributed by atoms with Crippen LogP contribution in [0.5, 0.6) is 11.5 Å². The van der Waals surface area contributed by atoms with Crippen LogP contribution in [0.3, 0.4) is 0 Å². The van der Waals surface area contributed by atoms with Gasteiger partial charge in [-0.25, -0.2) is 4.68 Å². The van der Waals surface area contributed by atoms with Crippen molar-refractivity contribution in [1.29, 1.82) is 0 Å². The topological polar surface area (TPSA) is 107 Å². The molecule has 2 N–H and O–H groups in total. The van der Waals surface area contributed by atoms with Crippen LogP contribution in [-0.4, -0.2) is 47.6 Å². The van der Waals surface area contributed by atoms with Crippen LogP contribution in [-0.2, 0) is 6.54 Å². The van der Waals surface area contributed by atoms with E-state index in [4.69, 9.17) is 9.47 Å². The molecule has 0 unspecified atom stereocenters. The minimum Gasteiger partial charge on any atom is -0.493 e. The lowest BCUT2D eigenvalue weighted by Crippen LogP contribution is -2.27. The number of hydrogen-bond acceptors (Lipinski definition) is 6. The SMILES string of the molecule is COc1ccc(C(=O)NCCn2cc(C(=O)Nc3ccccc3C)nn2)cc1OC. The second kappa shape index (κ2) is 9.55. The van der Waals surface area contributed by atoms with Gasteiger partial charge in [-0.2, -0.15) is 0 Å². The molecule has 0 saturated carbocycles. The summed E-state index contributed by atoms with van der Waals surface area (Å²) in [5.41, 5.74) is 2.32. The average molecular weight is 409 g/mol. The number of ether oxygens (including phenoxy) is 2. The molecule has 3 aromatic rings. The highest BCUT2D eigenvalue weighted by Gasteiger charge is 2.13. The molecule has 9 nitrogen and oxygen atoms in total. The molecule has 0 aliphatic rings. The number of aryl methyl sites for hydroxylation is 1. The summed E-state index contributed by atoms with van der Waals surface area (Å²) in [7, 11) is 3.04. The molecule has 0 fully saturated rings. The monoisotopic (exact) mass is 409 g/mol. The van der Waals surface area contributed by atoms with Crippen molar-refractivity contribution in [3.8, 4) is 11.5 Å². The number of nitrogens with one attached hydrogen (secondary N) is 2. The summed E-state index contributed by atoms with van der Waals surface area (Å²) in [5, 5.41) is 13.4. The molecule has 1 aromatic heterocycles. The van der Waals surface area contributed by atoms with Crippen LogP contribution in [0, 0.1) is 6.92 Å². The van der Waals surface area contributed by atoms with E-state index in [0.717, 1.165) is 11.3 Å². The van der Waals surface area contributed by atoms with Crippen molar-refractivity contribution >= 4 is 17.5 Å². The molecule has 9 heteroatoms. The fourth-order valence-electron chi connectivity index (χ4n) is 2.77. The molecule has 0 radical (unpaired) electrons. The van der Waals surface area contributed by atoms with Crippen molar-refractivity contribution in [3.05, 3.63) is 65.5 Å². The Bertz CT molecular complexity index is 1050. The Morgan fingerprint density at radius 1 is 1.03 bits per heavy atom. The molecule has 2 aromatic carbocycles. The molecule has 1 heterocycles. The van der Waals surface area contributed by atoms with E-state index in [1.807, 2.05) is 31.2 Å². The second-order valence-electron chi connectivity index (χ2n) is 6.46. The highest BCUT2D eigenvalue weighted by Crippen LogP contribution is 2.27. The summed E-state index contributed by atoms with van der Waals surface area (Å²) in [5.74, 6) is 0.428. The van der Waals surface area contributed by atoms with Crippen molar-refractivity contribution < 1.29 is 19.1 Å². The van der Waals surface area contributed by atoms with Gasteiger partial charge in [-0.15, -0.1) is 5.10 Å². The number of nitrogens with zero attached hydrogens (tertiary/aromatic N) is 3. The average Bonchev–Trinajstić information content (AvgIpc) is 3.23. The summed E-state index contributed by atoms with van der Waals surface area (Å²) in [6, 6.07) is 12.4. The highest BCUT2D eigenvalue weighted by molar-refractivity contribution is 6.03. The van der Waals surface area contributed by atoms with Gasteiger partial charge in [-0.1, -0.05) is 23.4 Å². The lowest BCUT2D eigenvalue weighted by molar-refractivity contribution is 0.0950. The Balaban J connectivity index is 1.53. The van der Waals surface area contributed by atoms with E-state index in [9.17, 15) is 9.59 Å². The molecule has 30 heavy (non-hydrogen) atoms. The lowest BCUT2D eigenvalue weighted by Gasteiger charge is -2.10. The number of anilines is 1. The van der Waals surface area contributed by atoms with Crippen LogP contribution in [0.2, 0.25) is 0 Å².